The van der Waals surface area contributed by atoms with E-state index in [1.807, 2.05) is 0 Å². The molecule has 0 saturated carbocycles. The minimum Gasteiger partial charge on any atom is -0.481 e. The first-order chi connectivity index (χ1) is 5.72. The van der Waals surface area contributed by atoms with Crippen LogP contribution >= 0.6 is 0 Å². The fourth-order valence-corrected chi connectivity index (χ4v) is 0.804. The lowest BCUT2D eigenvalue weighted by Gasteiger charge is -1.87. The maximum atomic E-state index is 10.2. The number of hydrogen-bond acceptors (Lipinski definition) is 4. The predicted molar refractivity (Wildman–Crippen MR) is 38.6 cm³/mol. The molecule has 0 radical (unpaired) electrons. The van der Waals surface area contributed by atoms with Gasteiger partial charge in [0.1, 0.15) is 17.9 Å². The molecule has 66 valence electrons. The molecule has 0 amide bonds. The van der Waals surface area contributed by atoms with Gasteiger partial charge in [-0.05, 0) is 0 Å². The molecule has 1 aromatic heterocycles. The van der Waals surface area contributed by atoms with Gasteiger partial charge in [0.25, 0.3) is 0 Å². The van der Waals surface area contributed by atoms with Crippen molar-refractivity contribution in [1.29, 1.82) is 0 Å². The molecule has 0 unspecified atom stereocenters. The molecule has 1 heterocycles. The Morgan fingerprint density at radius 2 is 2.58 bits per heavy atom. The summed E-state index contributed by atoms with van der Waals surface area (Å²) in [6.07, 6.45) is -0.142. The van der Waals surface area contributed by atoms with Crippen LogP contribution in [0.3, 0.4) is 0 Å². The Morgan fingerprint density at radius 1 is 1.83 bits per heavy atom. The smallest absolute Gasteiger partial charge is 0.311 e. The van der Waals surface area contributed by atoms with E-state index in [1.165, 1.54) is 7.11 Å². The van der Waals surface area contributed by atoms with Crippen LogP contribution in [0.4, 0.5) is 0 Å². The van der Waals surface area contributed by atoms with E-state index in [1.54, 1.807) is 6.07 Å². The van der Waals surface area contributed by atoms with Crippen molar-refractivity contribution in [3.05, 3.63) is 17.5 Å². The first kappa shape index (κ1) is 8.73. The topological polar surface area (TPSA) is 72.6 Å². The summed E-state index contributed by atoms with van der Waals surface area (Å²) in [5.41, 5.74) is 0.605. The molecule has 0 saturated heterocycles. The molecule has 1 N–H and O–H groups in total. The van der Waals surface area contributed by atoms with Crippen LogP contribution in [-0.2, 0) is 22.6 Å². The largest absolute Gasteiger partial charge is 0.481 e. The van der Waals surface area contributed by atoms with E-state index in [-0.39, 0.29) is 6.42 Å². The molecule has 0 atom stereocenters. The summed E-state index contributed by atoms with van der Waals surface area (Å²) in [6, 6.07) is 1.57. The van der Waals surface area contributed by atoms with E-state index in [0.717, 1.165) is 0 Å². The summed E-state index contributed by atoms with van der Waals surface area (Å²) < 4.78 is 9.49. The normalized spacial score (nSPS) is 10.1. The third-order valence-corrected chi connectivity index (χ3v) is 1.23. The van der Waals surface area contributed by atoms with Gasteiger partial charge in [-0.2, -0.15) is 0 Å². The van der Waals surface area contributed by atoms with Gasteiger partial charge in [-0.1, -0.05) is 5.16 Å². The van der Waals surface area contributed by atoms with Gasteiger partial charge in [0.2, 0.25) is 0 Å². The lowest BCUT2D eigenvalue weighted by Crippen LogP contribution is -1.98. The molecular weight excluding hydrogens is 162 g/mol. The van der Waals surface area contributed by atoms with Crippen LogP contribution in [0.5, 0.6) is 0 Å². The average Bonchev–Trinajstić information content (AvgIpc) is 2.36. The molecule has 0 aliphatic carbocycles. The van der Waals surface area contributed by atoms with E-state index in [0.29, 0.717) is 18.1 Å². The van der Waals surface area contributed by atoms with Crippen molar-refractivity contribution in [2.24, 2.45) is 0 Å². The van der Waals surface area contributed by atoms with Crippen molar-refractivity contribution in [1.82, 2.24) is 5.16 Å². The molecular formula is C7H9NO4. The fraction of sp³-hybridized carbons (Fsp3) is 0.429. The quantitative estimate of drug-likeness (QED) is 0.711. The van der Waals surface area contributed by atoms with Crippen LogP contribution in [0.1, 0.15) is 11.5 Å². The highest BCUT2D eigenvalue weighted by molar-refractivity contribution is 5.69. The van der Waals surface area contributed by atoms with Crippen molar-refractivity contribution in [3.63, 3.8) is 0 Å². The molecule has 0 aliphatic rings. The number of aromatic nitrogens is 1. The van der Waals surface area contributed by atoms with Crippen molar-refractivity contribution >= 4 is 5.97 Å². The molecule has 1 aromatic rings. The van der Waals surface area contributed by atoms with E-state index in [9.17, 15) is 4.79 Å². The SMILES string of the molecule is COCc1cc(CC(=O)O)on1. The third-order valence-electron chi connectivity index (χ3n) is 1.23. The lowest BCUT2D eigenvalue weighted by molar-refractivity contribution is -0.136. The summed E-state index contributed by atoms with van der Waals surface area (Å²) in [7, 11) is 1.53. The average molecular weight is 171 g/mol. The third kappa shape index (κ3) is 2.35. The first-order valence-corrected chi connectivity index (χ1v) is 3.37. The number of carboxylic acids is 1. The van der Waals surface area contributed by atoms with Crippen LogP contribution in [0.25, 0.3) is 0 Å². The Labute approximate surface area is 68.9 Å². The van der Waals surface area contributed by atoms with Gasteiger partial charge in [0, 0.05) is 13.2 Å². The van der Waals surface area contributed by atoms with Crippen molar-refractivity contribution in [3.8, 4) is 0 Å². The molecule has 12 heavy (non-hydrogen) atoms. The highest BCUT2D eigenvalue weighted by Gasteiger charge is 2.07. The first-order valence-electron chi connectivity index (χ1n) is 3.37. The summed E-state index contributed by atoms with van der Waals surface area (Å²) in [6.45, 7) is 0.336. The monoisotopic (exact) mass is 171 g/mol. The fourth-order valence-electron chi connectivity index (χ4n) is 0.804. The van der Waals surface area contributed by atoms with Gasteiger partial charge < -0.3 is 14.4 Å². The van der Waals surface area contributed by atoms with Gasteiger partial charge in [-0.25, -0.2) is 0 Å². The maximum absolute atomic E-state index is 10.2. The van der Waals surface area contributed by atoms with Crippen molar-refractivity contribution in [2.75, 3.05) is 7.11 Å². The Kier molecular flexibility index (Phi) is 2.82. The van der Waals surface area contributed by atoms with E-state index in [4.69, 9.17) is 14.4 Å². The zero-order chi connectivity index (χ0) is 8.97. The van der Waals surface area contributed by atoms with E-state index < -0.39 is 5.97 Å². The molecule has 0 aliphatic heterocycles. The minimum absolute atomic E-state index is 0.142. The molecule has 0 aromatic carbocycles. The molecule has 5 nitrogen and oxygen atoms in total. The van der Waals surface area contributed by atoms with Crippen molar-refractivity contribution in [2.45, 2.75) is 13.0 Å². The van der Waals surface area contributed by atoms with Gasteiger partial charge in [0.05, 0.1) is 6.61 Å². The zero-order valence-corrected chi connectivity index (χ0v) is 6.61. The number of carbonyl (C=O) groups is 1. The summed E-state index contributed by atoms with van der Waals surface area (Å²) in [5, 5.41) is 12.0. The maximum Gasteiger partial charge on any atom is 0.311 e. The number of methoxy groups -OCH3 is 1. The lowest BCUT2D eigenvalue weighted by atomic mass is 10.3. The van der Waals surface area contributed by atoms with Crippen LogP contribution in [-0.4, -0.2) is 23.3 Å². The van der Waals surface area contributed by atoms with Gasteiger partial charge in [-0.15, -0.1) is 0 Å². The Balaban J connectivity index is 2.58. The number of ether oxygens (including phenoxy) is 1. The van der Waals surface area contributed by atoms with Gasteiger partial charge in [-0.3, -0.25) is 4.79 Å². The van der Waals surface area contributed by atoms with E-state index in [2.05, 4.69) is 5.16 Å². The van der Waals surface area contributed by atoms with Crippen LogP contribution < -0.4 is 0 Å². The second kappa shape index (κ2) is 3.87. The predicted octanol–water partition coefficient (Wildman–Crippen LogP) is 0.448. The number of carboxylic acid groups (broad SMARTS) is 1. The molecule has 0 bridgehead atoms. The minimum atomic E-state index is -0.935. The number of aliphatic carboxylic acids is 1. The number of hydrogen-bond donors (Lipinski definition) is 1. The van der Waals surface area contributed by atoms with Crippen LogP contribution in [0.2, 0.25) is 0 Å². The van der Waals surface area contributed by atoms with E-state index >= 15 is 0 Å². The Hall–Kier alpha value is -1.36. The second-order valence-electron chi connectivity index (χ2n) is 2.29. The molecule has 0 fully saturated rings. The molecule has 5 heteroatoms. The Morgan fingerprint density at radius 3 is 3.17 bits per heavy atom. The van der Waals surface area contributed by atoms with Crippen molar-refractivity contribution < 1.29 is 19.2 Å². The van der Waals surface area contributed by atoms with Crippen LogP contribution in [0.15, 0.2) is 10.6 Å². The number of nitrogens with zero attached hydrogens (tertiary/aromatic N) is 1. The molecule has 0 spiro atoms. The molecule has 1 rings (SSSR count). The Bertz CT molecular complexity index is 268. The van der Waals surface area contributed by atoms with Gasteiger partial charge >= 0.3 is 5.97 Å². The summed E-state index contributed by atoms with van der Waals surface area (Å²) >= 11 is 0. The van der Waals surface area contributed by atoms with Crippen LogP contribution in [0, 0.1) is 0 Å². The number of rotatable bonds is 4. The zero-order valence-electron chi connectivity index (χ0n) is 6.61. The standard InChI is InChI=1S/C7H9NO4/c1-11-4-5-2-6(12-8-5)3-7(9)10/h2H,3-4H2,1H3,(H,9,10). The second-order valence-corrected chi connectivity index (χ2v) is 2.29. The highest BCUT2D eigenvalue weighted by Crippen LogP contribution is 2.04. The summed E-state index contributed by atoms with van der Waals surface area (Å²) in [5.74, 6) is -0.593. The van der Waals surface area contributed by atoms with Gasteiger partial charge in [0.15, 0.2) is 0 Å². The summed E-state index contributed by atoms with van der Waals surface area (Å²) in [4.78, 5) is 10.2. The highest BCUT2D eigenvalue weighted by atomic mass is 16.5.